The van der Waals surface area contributed by atoms with E-state index in [1.165, 1.54) is 13.8 Å². The van der Waals surface area contributed by atoms with Crippen LogP contribution in [0, 0.1) is 10.1 Å². The number of rotatable bonds is 5. The average molecular weight is 256 g/mol. The summed E-state index contributed by atoms with van der Waals surface area (Å²) in [6, 6.07) is 2.21. The summed E-state index contributed by atoms with van der Waals surface area (Å²) in [7, 11) is 0. The van der Waals surface area contributed by atoms with Crippen LogP contribution >= 0.6 is 0 Å². The minimum atomic E-state index is -1.06. The molecule has 0 aliphatic heterocycles. The molecule has 0 radical (unpaired) electrons. The van der Waals surface area contributed by atoms with Crippen LogP contribution in [0.1, 0.15) is 30.8 Å². The second-order valence-corrected chi connectivity index (χ2v) is 4.30. The van der Waals surface area contributed by atoms with E-state index in [0.717, 1.165) is 12.1 Å². The maximum absolute atomic E-state index is 11.7. The van der Waals surface area contributed by atoms with E-state index in [1.807, 2.05) is 0 Å². The van der Waals surface area contributed by atoms with Crippen molar-refractivity contribution >= 4 is 17.8 Å². The largest absolute Gasteiger partial charge is 0.481 e. The molecule has 2 N–H and O–H groups in total. The van der Waals surface area contributed by atoms with E-state index in [4.69, 9.17) is 9.52 Å². The number of nitrogens with one attached hydrogen (secondary N) is 1. The molecule has 1 amide bonds. The zero-order chi connectivity index (χ0) is 13.9. The fraction of sp³-hybridized carbons (Fsp3) is 0.400. The molecule has 1 aromatic rings. The maximum atomic E-state index is 11.7. The molecule has 0 fully saturated rings. The molecule has 18 heavy (non-hydrogen) atoms. The van der Waals surface area contributed by atoms with Crippen LogP contribution in [0.2, 0.25) is 0 Å². The van der Waals surface area contributed by atoms with Crippen molar-refractivity contribution in [2.75, 3.05) is 0 Å². The van der Waals surface area contributed by atoms with Crippen LogP contribution in [0.4, 0.5) is 5.88 Å². The third kappa shape index (κ3) is 3.58. The standard InChI is InChI=1S/C10H12N2O6/c1-10(2,5-8(13)14)11-9(15)6-3-4-7(18-6)12(16)17/h3-4H,5H2,1-2H3,(H,11,15)(H,13,14). The molecular formula is C10H12N2O6. The van der Waals surface area contributed by atoms with Gasteiger partial charge in [0.25, 0.3) is 5.91 Å². The van der Waals surface area contributed by atoms with Crippen LogP contribution < -0.4 is 5.32 Å². The molecule has 0 atom stereocenters. The lowest BCUT2D eigenvalue weighted by Crippen LogP contribution is -2.44. The second-order valence-electron chi connectivity index (χ2n) is 4.30. The Labute approximate surface area is 102 Å². The van der Waals surface area contributed by atoms with Crippen LogP contribution in [0.25, 0.3) is 0 Å². The summed E-state index contributed by atoms with van der Waals surface area (Å²) in [6.45, 7) is 3.05. The van der Waals surface area contributed by atoms with Crippen molar-refractivity contribution in [2.45, 2.75) is 25.8 Å². The van der Waals surface area contributed by atoms with Crippen LogP contribution in [0.5, 0.6) is 0 Å². The highest BCUT2D eigenvalue weighted by Crippen LogP contribution is 2.17. The minimum Gasteiger partial charge on any atom is -0.481 e. The molecule has 1 heterocycles. The molecule has 0 spiro atoms. The Hall–Kier alpha value is -2.38. The number of carboxylic acid groups (broad SMARTS) is 1. The molecular weight excluding hydrogens is 244 g/mol. The minimum absolute atomic E-state index is 0.236. The van der Waals surface area contributed by atoms with Crippen molar-refractivity contribution in [3.05, 3.63) is 28.0 Å². The first-order chi connectivity index (χ1) is 8.21. The number of carboxylic acids is 1. The van der Waals surface area contributed by atoms with Gasteiger partial charge in [0.1, 0.15) is 4.92 Å². The predicted octanol–water partition coefficient (Wildman–Crippen LogP) is 1.17. The Bertz CT molecular complexity index is 490. The van der Waals surface area contributed by atoms with Crippen LogP contribution in [0.3, 0.4) is 0 Å². The first kappa shape index (κ1) is 13.7. The number of carbonyl (C=O) groups excluding carboxylic acids is 1. The number of nitrogens with zero attached hydrogens (tertiary/aromatic N) is 1. The quantitative estimate of drug-likeness (QED) is 0.602. The summed E-state index contributed by atoms with van der Waals surface area (Å²) >= 11 is 0. The molecule has 98 valence electrons. The first-order valence-electron chi connectivity index (χ1n) is 5.00. The molecule has 0 aliphatic rings. The number of furan rings is 1. The third-order valence-electron chi connectivity index (χ3n) is 2.04. The van der Waals surface area contributed by atoms with Gasteiger partial charge in [-0.15, -0.1) is 0 Å². The van der Waals surface area contributed by atoms with Crippen LogP contribution in [-0.2, 0) is 4.79 Å². The van der Waals surface area contributed by atoms with Gasteiger partial charge in [-0.25, -0.2) is 0 Å². The molecule has 8 nitrogen and oxygen atoms in total. The van der Waals surface area contributed by atoms with Gasteiger partial charge in [-0.05, 0) is 19.9 Å². The predicted molar refractivity (Wildman–Crippen MR) is 59.2 cm³/mol. The molecule has 0 bridgehead atoms. The van der Waals surface area contributed by atoms with Crippen molar-refractivity contribution in [2.24, 2.45) is 0 Å². The first-order valence-corrected chi connectivity index (χ1v) is 5.00. The summed E-state index contributed by atoms with van der Waals surface area (Å²) in [6.07, 6.45) is -0.276. The van der Waals surface area contributed by atoms with E-state index in [0.29, 0.717) is 0 Å². The number of nitro groups is 1. The van der Waals surface area contributed by atoms with Gasteiger partial charge in [-0.3, -0.25) is 19.7 Å². The monoisotopic (exact) mass is 256 g/mol. The summed E-state index contributed by atoms with van der Waals surface area (Å²) < 4.78 is 4.70. The number of amides is 1. The SMILES string of the molecule is CC(C)(CC(=O)O)NC(=O)c1ccc([N+](=O)[O-])o1. The van der Waals surface area contributed by atoms with E-state index in [2.05, 4.69) is 5.32 Å². The fourth-order valence-corrected chi connectivity index (χ4v) is 1.34. The third-order valence-corrected chi connectivity index (χ3v) is 2.04. The molecule has 8 heteroatoms. The highest BCUT2D eigenvalue weighted by atomic mass is 16.6. The molecule has 0 saturated carbocycles. The van der Waals surface area contributed by atoms with Gasteiger partial charge < -0.3 is 14.8 Å². The lowest BCUT2D eigenvalue weighted by molar-refractivity contribution is -0.402. The van der Waals surface area contributed by atoms with Crippen LogP contribution in [-0.4, -0.2) is 27.4 Å². The highest BCUT2D eigenvalue weighted by Gasteiger charge is 2.26. The van der Waals surface area contributed by atoms with Gasteiger partial charge >= 0.3 is 11.9 Å². The Kier molecular flexibility index (Phi) is 3.70. The molecule has 0 aliphatic carbocycles. The number of carbonyl (C=O) groups is 2. The van der Waals surface area contributed by atoms with Crippen molar-refractivity contribution < 1.29 is 24.0 Å². The smallest absolute Gasteiger partial charge is 0.433 e. The Morgan fingerprint density at radius 2 is 2.11 bits per heavy atom. The van der Waals surface area contributed by atoms with Gasteiger partial charge in [-0.1, -0.05) is 0 Å². The molecule has 1 rings (SSSR count). The van der Waals surface area contributed by atoms with Crippen molar-refractivity contribution in [1.29, 1.82) is 0 Å². The molecule has 0 aromatic carbocycles. The van der Waals surface area contributed by atoms with Crippen molar-refractivity contribution in [1.82, 2.24) is 5.32 Å². The highest BCUT2D eigenvalue weighted by molar-refractivity contribution is 5.92. The summed E-state index contributed by atoms with van der Waals surface area (Å²) in [5, 5.41) is 21.4. The molecule has 0 unspecified atom stereocenters. The number of aliphatic carboxylic acids is 1. The topological polar surface area (TPSA) is 123 Å². The van der Waals surface area contributed by atoms with Gasteiger partial charge in [0, 0.05) is 5.54 Å². The summed E-state index contributed by atoms with van der Waals surface area (Å²) in [5.74, 6) is -2.54. The zero-order valence-corrected chi connectivity index (χ0v) is 9.80. The lowest BCUT2D eigenvalue weighted by atomic mass is 10.0. The second kappa shape index (κ2) is 4.86. The van der Waals surface area contributed by atoms with E-state index < -0.39 is 28.2 Å². The summed E-state index contributed by atoms with van der Waals surface area (Å²) in [4.78, 5) is 31.8. The Morgan fingerprint density at radius 1 is 1.50 bits per heavy atom. The van der Waals surface area contributed by atoms with Gasteiger partial charge in [0.05, 0.1) is 12.5 Å². The number of hydrogen-bond acceptors (Lipinski definition) is 5. The van der Waals surface area contributed by atoms with E-state index >= 15 is 0 Å². The van der Waals surface area contributed by atoms with Gasteiger partial charge in [-0.2, -0.15) is 0 Å². The number of hydrogen-bond donors (Lipinski definition) is 2. The van der Waals surface area contributed by atoms with Gasteiger partial charge in [0.15, 0.2) is 5.76 Å². The Morgan fingerprint density at radius 3 is 2.56 bits per heavy atom. The molecule has 0 saturated heterocycles. The van der Waals surface area contributed by atoms with E-state index in [-0.39, 0.29) is 12.2 Å². The zero-order valence-electron chi connectivity index (χ0n) is 9.80. The van der Waals surface area contributed by atoms with Gasteiger partial charge in [0.2, 0.25) is 0 Å². The maximum Gasteiger partial charge on any atom is 0.433 e. The van der Waals surface area contributed by atoms with Crippen molar-refractivity contribution in [3.8, 4) is 0 Å². The van der Waals surface area contributed by atoms with E-state index in [9.17, 15) is 19.7 Å². The average Bonchev–Trinajstić information content (AvgIpc) is 2.62. The lowest BCUT2D eigenvalue weighted by Gasteiger charge is -2.23. The van der Waals surface area contributed by atoms with Crippen molar-refractivity contribution in [3.63, 3.8) is 0 Å². The normalized spacial score (nSPS) is 11.0. The van der Waals surface area contributed by atoms with Crippen LogP contribution in [0.15, 0.2) is 16.5 Å². The Balaban J connectivity index is 2.75. The summed E-state index contributed by atoms with van der Waals surface area (Å²) in [5.41, 5.74) is -0.982. The molecule has 1 aromatic heterocycles. The van der Waals surface area contributed by atoms with E-state index in [1.54, 1.807) is 0 Å². The fourth-order valence-electron chi connectivity index (χ4n) is 1.34.